The molecule has 1 unspecified atom stereocenters. The van der Waals surface area contributed by atoms with E-state index in [1.807, 2.05) is 55.5 Å². The predicted molar refractivity (Wildman–Crippen MR) is 93.6 cm³/mol. The van der Waals surface area contributed by atoms with Gasteiger partial charge < -0.3 is 15.4 Å². The Morgan fingerprint density at radius 2 is 2.00 bits per heavy atom. The van der Waals surface area contributed by atoms with Gasteiger partial charge in [-0.1, -0.05) is 42.5 Å². The van der Waals surface area contributed by atoms with Gasteiger partial charge in [0.2, 0.25) is 5.91 Å². The minimum Gasteiger partial charge on any atom is -0.394 e. The number of hydrogen-bond acceptors (Lipinski definition) is 3. The number of aryl methyl sites for hydroxylation is 2. The highest BCUT2D eigenvalue weighted by Gasteiger charge is 2.14. The zero-order valence-electron chi connectivity index (χ0n) is 13.6. The van der Waals surface area contributed by atoms with Crippen LogP contribution in [0.1, 0.15) is 29.4 Å². The van der Waals surface area contributed by atoms with E-state index in [4.69, 9.17) is 0 Å². The van der Waals surface area contributed by atoms with E-state index in [0.717, 1.165) is 28.0 Å². The number of aliphatic hydroxyl groups excluding tert-OH is 1. The minimum absolute atomic E-state index is 0.102. The molecule has 3 N–H and O–H groups in total. The van der Waals surface area contributed by atoms with Gasteiger partial charge in [0, 0.05) is 12.8 Å². The molecule has 1 aromatic heterocycles. The van der Waals surface area contributed by atoms with Gasteiger partial charge in [0.15, 0.2) is 0 Å². The number of nitrogens with zero attached hydrogens (tertiary/aromatic N) is 1. The summed E-state index contributed by atoms with van der Waals surface area (Å²) >= 11 is 0. The number of rotatable bonds is 6. The van der Waals surface area contributed by atoms with Crippen molar-refractivity contribution in [2.75, 3.05) is 6.61 Å². The fourth-order valence-electron chi connectivity index (χ4n) is 2.76. The number of nitrogens with one attached hydrogen (secondary N) is 2. The molecule has 5 nitrogen and oxygen atoms in total. The number of aliphatic hydroxyl groups is 1. The standard InChI is InChI=1S/C19H21N3O2/c1-13-6-5-9-15-19(13)22-17(20-15)10-11-18(24)21-16(12-23)14-7-3-2-4-8-14/h2-9,16,23H,10-12H2,1H3,(H,20,22)(H,21,24). The van der Waals surface area contributed by atoms with Crippen LogP contribution in [0, 0.1) is 6.92 Å². The third-order valence-corrected chi connectivity index (χ3v) is 4.07. The van der Waals surface area contributed by atoms with Crippen molar-refractivity contribution in [2.45, 2.75) is 25.8 Å². The molecule has 0 saturated carbocycles. The first kappa shape index (κ1) is 16.2. The molecule has 1 atom stereocenters. The van der Waals surface area contributed by atoms with E-state index < -0.39 is 0 Å². The lowest BCUT2D eigenvalue weighted by Gasteiger charge is -2.16. The molecule has 0 spiro atoms. The lowest BCUT2D eigenvalue weighted by atomic mass is 10.1. The monoisotopic (exact) mass is 323 g/mol. The number of hydrogen-bond donors (Lipinski definition) is 3. The maximum absolute atomic E-state index is 12.2. The first-order valence-corrected chi connectivity index (χ1v) is 8.06. The Morgan fingerprint density at radius 1 is 1.21 bits per heavy atom. The lowest BCUT2D eigenvalue weighted by molar-refractivity contribution is -0.122. The molecule has 124 valence electrons. The highest BCUT2D eigenvalue weighted by atomic mass is 16.3. The highest BCUT2D eigenvalue weighted by Crippen LogP contribution is 2.16. The summed E-state index contributed by atoms with van der Waals surface area (Å²) in [4.78, 5) is 20.0. The number of imidazole rings is 1. The molecule has 0 aliphatic heterocycles. The van der Waals surface area contributed by atoms with Crippen molar-refractivity contribution in [1.82, 2.24) is 15.3 Å². The van der Waals surface area contributed by atoms with Gasteiger partial charge in [0.1, 0.15) is 5.82 Å². The fraction of sp³-hybridized carbons (Fsp3) is 0.263. The normalized spacial score (nSPS) is 12.2. The second-order valence-corrected chi connectivity index (χ2v) is 5.87. The maximum Gasteiger partial charge on any atom is 0.221 e. The predicted octanol–water partition coefficient (Wildman–Crippen LogP) is 2.65. The van der Waals surface area contributed by atoms with Gasteiger partial charge in [-0.25, -0.2) is 4.98 Å². The number of para-hydroxylation sites is 1. The van der Waals surface area contributed by atoms with Crippen LogP contribution in [0.25, 0.3) is 11.0 Å². The summed E-state index contributed by atoms with van der Waals surface area (Å²) in [6.07, 6.45) is 0.856. The number of fused-ring (bicyclic) bond motifs is 1. The first-order valence-electron chi connectivity index (χ1n) is 8.06. The number of amides is 1. The molecular formula is C19H21N3O2. The zero-order valence-corrected chi connectivity index (χ0v) is 13.6. The van der Waals surface area contributed by atoms with Crippen molar-refractivity contribution in [2.24, 2.45) is 0 Å². The molecule has 5 heteroatoms. The average Bonchev–Trinajstić information content (AvgIpc) is 3.03. The van der Waals surface area contributed by atoms with Crippen LogP contribution >= 0.6 is 0 Å². The van der Waals surface area contributed by atoms with Crippen molar-refractivity contribution in [1.29, 1.82) is 0 Å². The van der Waals surface area contributed by atoms with E-state index in [9.17, 15) is 9.90 Å². The number of aromatic amines is 1. The van der Waals surface area contributed by atoms with Gasteiger partial charge in [-0.3, -0.25) is 4.79 Å². The molecule has 3 aromatic rings. The fourth-order valence-corrected chi connectivity index (χ4v) is 2.76. The van der Waals surface area contributed by atoms with Crippen LogP contribution in [0.4, 0.5) is 0 Å². The van der Waals surface area contributed by atoms with Crippen LogP contribution in [0.3, 0.4) is 0 Å². The maximum atomic E-state index is 12.2. The first-order chi connectivity index (χ1) is 11.7. The Kier molecular flexibility index (Phi) is 4.91. The zero-order chi connectivity index (χ0) is 16.9. The minimum atomic E-state index is -0.378. The molecule has 0 aliphatic rings. The molecule has 2 aromatic carbocycles. The van der Waals surface area contributed by atoms with Crippen LogP contribution in [0.5, 0.6) is 0 Å². The summed E-state index contributed by atoms with van der Waals surface area (Å²) in [5, 5.41) is 12.4. The Morgan fingerprint density at radius 3 is 2.71 bits per heavy atom. The molecule has 0 aliphatic carbocycles. The topological polar surface area (TPSA) is 78.0 Å². The van der Waals surface area contributed by atoms with Gasteiger partial charge in [-0.05, 0) is 24.1 Å². The SMILES string of the molecule is Cc1cccc2[nH]c(CCC(=O)NC(CO)c3ccccc3)nc12. The molecule has 0 radical (unpaired) electrons. The van der Waals surface area contributed by atoms with Gasteiger partial charge in [0.05, 0.1) is 23.7 Å². The van der Waals surface area contributed by atoms with E-state index in [-0.39, 0.29) is 18.6 Å². The quantitative estimate of drug-likeness (QED) is 0.652. The Hall–Kier alpha value is -2.66. The molecule has 0 bridgehead atoms. The lowest BCUT2D eigenvalue weighted by Crippen LogP contribution is -2.30. The second kappa shape index (κ2) is 7.27. The average molecular weight is 323 g/mol. The van der Waals surface area contributed by atoms with Crippen LogP contribution in [0.2, 0.25) is 0 Å². The Balaban J connectivity index is 1.61. The highest BCUT2D eigenvalue weighted by molar-refractivity contribution is 5.79. The molecular weight excluding hydrogens is 302 g/mol. The van der Waals surface area contributed by atoms with Crippen molar-refractivity contribution >= 4 is 16.9 Å². The van der Waals surface area contributed by atoms with E-state index in [1.165, 1.54) is 0 Å². The van der Waals surface area contributed by atoms with E-state index >= 15 is 0 Å². The number of aromatic nitrogens is 2. The van der Waals surface area contributed by atoms with Crippen molar-refractivity contribution in [3.8, 4) is 0 Å². The molecule has 1 amide bonds. The van der Waals surface area contributed by atoms with Gasteiger partial charge in [-0.15, -0.1) is 0 Å². The van der Waals surface area contributed by atoms with Crippen molar-refractivity contribution < 1.29 is 9.90 Å². The van der Waals surface area contributed by atoms with Gasteiger partial charge >= 0.3 is 0 Å². The third kappa shape index (κ3) is 3.63. The third-order valence-electron chi connectivity index (χ3n) is 4.07. The summed E-state index contributed by atoms with van der Waals surface area (Å²) in [5.41, 5.74) is 3.95. The number of carbonyl (C=O) groups is 1. The number of carbonyl (C=O) groups excluding carboxylic acids is 1. The van der Waals surface area contributed by atoms with Crippen LogP contribution < -0.4 is 5.32 Å². The number of benzene rings is 2. The molecule has 3 rings (SSSR count). The van der Waals surface area contributed by atoms with E-state index in [1.54, 1.807) is 0 Å². The summed E-state index contributed by atoms with van der Waals surface area (Å²) in [7, 11) is 0. The second-order valence-electron chi connectivity index (χ2n) is 5.87. The van der Waals surface area contributed by atoms with E-state index in [0.29, 0.717) is 12.8 Å². The van der Waals surface area contributed by atoms with Crippen molar-refractivity contribution in [3.63, 3.8) is 0 Å². The Labute approximate surface area is 140 Å². The van der Waals surface area contributed by atoms with Crippen LogP contribution in [-0.2, 0) is 11.2 Å². The molecule has 0 saturated heterocycles. The molecule has 1 heterocycles. The summed E-state index contributed by atoms with van der Waals surface area (Å²) in [6.45, 7) is 1.89. The number of H-pyrrole nitrogens is 1. The van der Waals surface area contributed by atoms with Crippen molar-refractivity contribution in [3.05, 3.63) is 65.5 Å². The largest absolute Gasteiger partial charge is 0.394 e. The summed E-state index contributed by atoms with van der Waals surface area (Å²) < 4.78 is 0. The molecule has 24 heavy (non-hydrogen) atoms. The van der Waals surface area contributed by atoms with E-state index in [2.05, 4.69) is 15.3 Å². The van der Waals surface area contributed by atoms with Gasteiger partial charge in [0.25, 0.3) is 0 Å². The molecule has 0 fully saturated rings. The summed E-state index contributed by atoms with van der Waals surface area (Å²) in [5.74, 6) is 0.699. The Bertz CT molecular complexity index is 827. The van der Waals surface area contributed by atoms with Crippen LogP contribution in [0.15, 0.2) is 48.5 Å². The smallest absolute Gasteiger partial charge is 0.221 e. The summed E-state index contributed by atoms with van der Waals surface area (Å²) in [6, 6.07) is 15.1. The van der Waals surface area contributed by atoms with Gasteiger partial charge in [-0.2, -0.15) is 0 Å². The van der Waals surface area contributed by atoms with Crippen LogP contribution in [-0.4, -0.2) is 27.6 Å².